The molecule has 2 nitrogen and oxygen atoms in total. The minimum absolute atomic E-state index is 0.526. The van der Waals surface area contributed by atoms with Gasteiger partial charge in [0.2, 0.25) is 0 Å². The van der Waals surface area contributed by atoms with Crippen LogP contribution in [0.2, 0.25) is 0 Å². The molecule has 0 unspecified atom stereocenters. The van der Waals surface area contributed by atoms with Crippen LogP contribution in [-0.4, -0.2) is 17.2 Å². The lowest BCUT2D eigenvalue weighted by molar-refractivity contribution is 0.426. The Kier molecular flexibility index (Phi) is 3.74. The van der Waals surface area contributed by atoms with Gasteiger partial charge in [0.25, 0.3) is 0 Å². The third kappa shape index (κ3) is 3.05. The van der Waals surface area contributed by atoms with Crippen molar-refractivity contribution in [3.8, 4) is 0 Å². The van der Waals surface area contributed by atoms with Gasteiger partial charge in [-0.2, -0.15) is 0 Å². The minimum atomic E-state index is -1.38. The Morgan fingerprint density at radius 3 is 2.77 bits per heavy atom. The molecule has 1 rings (SSSR count). The molecule has 0 heterocycles. The van der Waals surface area contributed by atoms with Gasteiger partial charge in [0, 0.05) is 0 Å². The molecule has 13 heavy (non-hydrogen) atoms. The lowest BCUT2D eigenvalue weighted by atomic mass is 9.79. The molecular weight excluding hydrogens is 163 g/mol. The highest BCUT2D eigenvalue weighted by molar-refractivity contribution is 6.58. The van der Waals surface area contributed by atoms with Gasteiger partial charge >= 0.3 is 7.12 Å². The normalized spacial score (nSPS) is 10.7. The summed E-state index contributed by atoms with van der Waals surface area (Å²) in [7, 11) is -1.38. The maximum Gasteiger partial charge on any atom is 0.488 e. The molecule has 0 bridgehead atoms. The first-order valence-electron chi connectivity index (χ1n) is 4.36. The van der Waals surface area contributed by atoms with E-state index in [2.05, 4.69) is 6.92 Å². The van der Waals surface area contributed by atoms with Gasteiger partial charge in [-0.25, -0.2) is 0 Å². The Balaban J connectivity index is 2.85. The van der Waals surface area contributed by atoms with E-state index in [1.54, 1.807) is 12.1 Å². The summed E-state index contributed by atoms with van der Waals surface area (Å²) >= 11 is 0. The largest absolute Gasteiger partial charge is 0.488 e. The molecule has 0 fully saturated rings. The van der Waals surface area contributed by atoms with E-state index < -0.39 is 7.12 Å². The summed E-state index contributed by atoms with van der Waals surface area (Å²) in [5.74, 6) is 0. The first kappa shape index (κ1) is 10.0. The van der Waals surface area contributed by atoms with Crippen LogP contribution in [0.15, 0.2) is 30.3 Å². The zero-order chi connectivity index (χ0) is 9.68. The van der Waals surface area contributed by atoms with E-state index in [0.717, 1.165) is 12.0 Å². The summed E-state index contributed by atoms with van der Waals surface area (Å²) in [4.78, 5) is 0. The van der Waals surface area contributed by atoms with Crippen molar-refractivity contribution in [3.63, 3.8) is 0 Å². The van der Waals surface area contributed by atoms with E-state index in [4.69, 9.17) is 10.0 Å². The first-order chi connectivity index (χ1) is 6.24. The molecule has 3 heteroatoms. The second-order valence-corrected chi connectivity index (χ2v) is 2.85. The highest BCUT2D eigenvalue weighted by Crippen LogP contribution is 2.00. The summed E-state index contributed by atoms with van der Waals surface area (Å²) < 4.78 is 0. The Morgan fingerprint density at radius 2 is 2.15 bits per heavy atom. The Hall–Kier alpha value is -1.06. The number of hydrogen-bond acceptors (Lipinski definition) is 2. The van der Waals surface area contributed by atoms with Gasteiger partial charge in [-0.05, 0) is 17.4 Å². The van der Waals surface area contributed by atoms with E-state index in [0.29, 0.717) is 5.46 Å². The predicted molar refractivity (Wildman–Crippen MR) is 55.6 cm³/mol. The number of hydrogen-bond donors (Lipinski definition) is 2. The molecule has 0 aliphatic rings. The van der Waals surface area contributed by atoms with Crippen molar-refractivity contribution in [1.29, 1.82) is 0 Å². The third-order valence-corrected chi connectivity index (χ3v) is 1.75. The van der Waals surface area contributed by atoms with Crippen LogP contribution in [0.3, 0.4) is 0 Å². The van der Waals surface area contributed by atoms with Crippen molar-refractivity contribution in [3.05, 3.63) is 35.9 Å². The zero-order valence-corrected chi connectivity index (χ0v) is 7.64. The molecule has 2 N–H and O–H groups in total. The molecule has 0 aromatic heterocycles. The van der Waals surface area contributed by atoms with Crippen molar-refractivity contribution in [1.82, 2.24) is 0 Å². The molecule has 0 spiro atoms. The lowest BCUT2D eigenvalue weighted by Crippen LogP contribution is -2.29. The number of rotatable bonds is 3. The van der Waals surface area contributed by atoms with Gasteiger partial charge in [0.05, 0.1) is 0 Å². The molecule has 0 aliphatic heterocycles. The zero-order valence-electron chi connectivity index (χ0n) is 7.64. The second-order valence-electron chi connectivity index (χ2n) is 2.85. The fraction of sp³-hybridized carbons (Fsp3) is 0.200. The predicted octanol–water partition coefficient (Wildman–Crippen LogP) is 0.790. The fourth-order valence-corrected chi connectivity index (χ4v) is 1.08. The van der Waals surface area contributed by atoms with E-state index in [-0.39, 0.29) is 0 Å². The van der Waals surface area contributed by atoms with Crippen molar-refractivity contribution >= 4 is 18.7 Å². The average Bonchev–Trinajstić information content (AvgIpc) is 2.15. The van der Waals surface area contributed by atoms with Gasteiger partial charge in [-0.1, -0.05) is 43.3 Å². The average molecular weight is 176 g/mol. The van der Waals surface area contributed by atoms with Crippen LogP contribution >= 0.6 is 0 Å². The second kappa shape index (κ2) is 4.85. The van der Waals surface area contributed by atoms with Gasteiger partial charge < -0.3 is 10.0 Å². The molecule has 0 radical (unpaired) electrons. The monoisotopic (exact) mass is 176 g/mol. The van der Waals surface area contributed by atoms with Crippen molar-refractivity contribution in [2.24, 2.45) is 0 Å². The summed E-state index contributed by atoms with van der Waals surface area (Å²) in [5, 5.41) is 17.8. The smallest absolute Gasteiger partial charge is 0.423 e. The van der Waals surface area contributed by atoms with Crippen LogP contribution < -0.4 is 5.46 Å². The minimum Gasteiger partial charge on any atom is -0.423 e. The summed E-state index contributed by atoms with van der Waals surface area (Å²) in [6.07, 6.45) is 4.97. The Morgan fingerprint density at radius 1 is 1.38 bits per heavy atom. The number of allylic oxidation sites excluding steroid dienone is 1. The third-order valence-electron chi connectivity index (χ3n) is 1.75. The van der Waals surface area contributed by atoms with Crippen LogP contribution in [0.25, 0.3) is 6.08 Å². The molecule has 1 aromatic carbocycles. The highest BCUT2D eigenvalue weighted by atomic mass is 16.4. The van der Waals surface area contributed by atoms with E-state index in [9.17, 15) is 0 Å². The lowest BCUT2D eigenvalue weighted by Gasteiger charge is -1.99. The highest BCUT2D eigenvalue weighted by Gasteiger charge is 2.09. The first-order valence-corrected chi connectivity index (χ1v) is 4.36. The summed E-state index contributed by atoms with van der Waals surface area (Å²) in [5.41, 5.74) is 1.52. The summed E-state index contributed by atoms with van der Waals surface area (Å²) in [6.45, 7) is 2.06. The van der Waals surface area contributed by atoms with Crippen LogP contribution in [-0.2, 0) is 0 Å². The maximum atomic E-state index is 8.91. The number of benzene rings is 1. The quantitative estimate of drug-likeness (QED) is 0.668. The molecular formula is C10H13BO2. The molecule has 0 amide bonds. The molecule has 1 aromatic rings. The van der Waals surface area contributed by atoms with Crippen LogP contribution in [0, 0.1) is 0 Å². The van der Waals surface area contributed by atoms with Crippen LogP contribution in [0.4, 0.5) is 0 Å². The van der Waals surface area contributed by atoms with Gasteiger partial charge in [0.1, 0.15) is 0 Å². The van der Waals surface area contributed by atoms with Gasteiger partial charge in [0.15, 0.2) is 0 Å². The molecule has 68 valence electrons. The van der Waals surface area contributed by atoms with Gasteiger partial charge in [-0.3, -0.25) is 0 Å². The maximum absolute atomic E-state index is 8.91. The van der Waals surface area contributed by atoms with Crippen molar-refractivity contribution in [2.45, 2.75) is 13.3 Å². The van der Waals surface area contributed by atoms with Crippen LogP contribution in [0.5, 0.6) is 0 Å². The SMILES string of the molecule is CCC=Cc1cccc(B(O)O)c1. The molecule has 0 atom stereocenters. The fourth-order valence-electron chi connectivity index (χ4n) is 1.08. The standard InChI is InChI=1S/C10H13BO2/c1-2-3-5-9-6-4-7-10(8-9)11(12)13/h3-8,12-13H,2H2,1H3. The summed E-state index contributed by atoms with van der Waals surface area (Å²) in [6, 6.07) is 7.19. The van der Waals surface area contributed by atoms with Gasteiger partial charge in [-0.15, -0.1) is 0 Å². The molecule has 0 saturated heterocycles. The Bertz CT molecular complexity index is 295. The van der Waals surface area contributed by atoms with Crippen LogP contribution in [0.1, 0.15) is 18.9 Å². The Labute approximate surface area is 78.7 Å². The van der Waals surface area contributed by atoms with Crippen molar-refractivity contribution < 1.29 is 10.0 Å². The van der Waals surface area contributed by atoms with E-state index >= 15 is 0 Å². The van der Waals surface area contributed by atoms with E-state index in [1.807, 2.05) is 24.3 Å². The van der Waals surface area contributed by atoms with Crippen molar-refractivity contribution in [2.75, 3.05) is 0 Å². The molecule has 0 aliphatic carbocycles. The molecule has 0 saturated carbocycles. The topological polar surface area (TPSA) is 40.5 Å². The van der Waals surface area contributed by atoms with E-state index in [1.165, 1.54) is 0 Å².